The van der Waals surface area contributed by atoms with Gasteiger partial charge < -0.3 is 25.0 Å². The van der Waals surface area contributed by atoms with Gasteiger partial charge in [0.1, 0.15) is 11.4 Å². The monoisotopic (exact) mass is 506 g/mol. The number of rotatable bonds is 8. The number of para-hydroxylation sites is 1. The fourth-order valence-electron chi connectivity index (χ4n) is 2.40. The molecule has 160 valence electrons. The normalized spacial score (nSPS) is 11.3. The Morgan fingerprint density at radius 2 is 1.89 bits per heavy atom. The first-order chi connectivity index (χ1) is 12.8. The Labute approximate surface area is 186 Å². The van der Waals surface area contributed by atoms with Crippen LogP contribution in [0.3, 0.4) is 0 Å². The van der Waals surface area contributed by atoms with Crippen molar-refractivity contribution in [2.45, 2.75) is 46.3 Å². The Bertz CT molecular complexity index is 618. The Kier molecular flexibility index (Phi) is 12.6. The van der Waals surface area contributed by atoms with Crippen LogP contribution < -0.4 is 15.4 Å². The Morgan fingerprint density at radius 1 is 1.21 bits per heavy atom. The topological polar surface area (TPSA) is 75.2 Å². The standard InChI is InChI=1S/C20H34N4O3.HI/c1-7-21-18(22-13-10-14-23-19(25)27-20(2,3)4)24(5)15-16-11-8-9-12-17(16)26-6;/h8-9,11-12H,7,10,13-15H2,1-6H3,(H,21,22)(H,23,25);1H. The molecule has 2 N–H and O–H groups in total. The molecule has 0 saturated heterocycles. The number of halogens is 1. The molecule has 0 aliphatic heterocycles. The van der Waals surface area contributed by atoms with Crippen molar-refractivity contribution < 1.29 is 14.3 Å². The van der Waals surface area contributed by atoms with Crippen molar-refractivity contribution in [2.75, 3.05) is 33.8 Å². The van der Waals surface area contributed by atoms with Crippen LogP contribution in [0.1, 0.15) is 39.7 Å². The van der Waals surface area contributed by atoms with Crippen LogP contribution >= 0.6 is 24.0 Å². The van der Waals surface area contributed by atoms with Crippen LogP contribution in [0, 0.1) is 0 Å². The molecular formula is C20H35IN4O3. The van der Waals surface area contributed by atoms with E-state index >= 15 is 0 Å². The molecule has 8 heteroatoms. The van der Waals surface area contributed by atoms with E-state index in [4.69, 9.17) is 9.47 Å². The maximum Gasteiger partial charge on any atom is 0.407 e. The molecule has 7 nitrogen and oxygen atoms in total. The molecule has 0 unspecified atom stereocenters. The summed E-state index contributed by atoms with van der Waals surface area (Å²) >= 11 is 0. The number of hydrogen-bond acceptors (Lipinski definition) is 4. The average molecular weight is 506 g/mol. The highest BCUT2D eigenvalue weighted by Crippen LogP contribution is 2.18. The lowest BCUT2D eigenvalue weighted by Gasteiger charge is -2.23. The van der Waals surface area contributed by atoms with E-state index in [0.29, 0.717) is 19.6 Å². The van der Waals surface area contributed by atoms with Crippen LogP contribution in [-0.2, 0) is 11.3 Å². The van der Waals surface area contributed by atoms with Gasteiger partial charge in [0.25, 0.3) is 0 Å². The number of carbonyl (C=O) groups is 1. The van der Waals surface area contributed by atoms with Crippen LogP contribution in [-0.4, -0.2) is 56.3 Å². The van der Waals surface area contributed by atoms with E-state index in [1.165, 1.54) is 0 Å². The number of hydrogen-bond donors (Lipinski definition) is 2. The van der Waals surface area contributed by atoms with Crippen molar-refractivity contribution in [3.63, 3.8) is 0 Å². The first kappa shape index (κ1) is 26.3. The maximum absolute atomic E-state index is 11.6. The van der Waals surface area contributed by atoms with E-state index in [2.05, 4.69) is 20.5 Å². The van der Waals surface area contributed by atoms with Gasteiger partial charge in [-0.2, -0.15) is 0 Å². The van der Waals surface area contributed by atoms with Crippen molar-refractivity contribution in [1.29, 1.82) is 0 Å². The van der Waals surface area contributed by atoms with E-state index in [1.807, 2.05) is 59.0 Å². The van der Waals surface area contributed by atoms with Crippen LogP contribution in [0.2, 0.25) is 0 Å². The number of guanidine groups is 1. The molecule has 0 aliphatic carbocycles. The number of amides is 1. The second-order valence-electron chi connectivity index (χ2n) is 7.19. The van der Waals surface area contributed by atoms with Gasteiger partial charge in [-0.3, -0.25) is 4.99 Å². The van der Waals surface area contributed by atoms with Gasteiger partial charge in [-0.15, -0.1) is 24.0 Å². The third-order valence-electron chi connectivity index (χ3n) is 3.56. The smallest absolute Gasteiger partial charge is 0.407 e. The van der Waals surface area contributed by atoms with Gasteiger partial charge in [0.2, 0.25) is 0 Å². The van der Waals surface area contributed by atoms with Gasteiger partial charge in [0, 0.05) is 38.8 Å². The molecule has 0 fully saturated rings. The summed E-state index contributed by atoms with van der Waals surface area (Å²) in [5.41, 5.74) is 0.612. The summed E-state index contributed by atoms with van der Waals surface area (Å²) < 4.78 is 10.6. The van der Waals surface area contributed by atoms with Gasteiger partial charge in [-0.05, 0) is 40.2 Å². The number of nitrogens with zero attached hydrogens (tertiary/aromatic N) is 2. The molecule has 0 radical (unpaired) electrons. The number of nitrogens with one attached hydrogen (secondary N) is 2. The van der Waals surface area contributed by atoms with Gasteiger partial charge in [-0.1, -0.05) is 18.2 Å². The first-order valence-corrected chi connectivity index (χ1v) is 9.35. The van der Waals surface area contributed by atoms with Crippen molar-refractivity contribution in [1.82, 2.24) is 15.5 Å². The number of carbonyl (C=O) groups excluding carboxylic acids is 1. The van der Waals surface area contributed by atoms with Gasteiger partial charge >= 0.3 is 6.09 Å². The quantitative estimate of drug-likeness (QED) is 0.244. The number of ether oxygens (including phenoxy) is 2. The number of methoxy groups -OCH3 is 1. The number of alkyl carbamates (subject to hydrolysis) is 1. The highest BCUT2D eigenvalue weighted by atomic mass is 127. The second kappa shape index (κ2) is 13.5. The molecule has 0 spiro atoms. The van der Waals surface area contributed by atoms with E-state index in [0.717, 1.165) is 30.2 Å². The largest absolute Gasteiger partial charge is 0.496 e. The molecule has 1 aromatic rings. The maximum atomic E-state index is 11.6. The fourth-order valence-corrected chi connectivity index (χ4v) is 2.40. The molecule has 1 aromatic carbocycles. The van der Waals surface area contributed by atoms with Crippen molar-refractivity contribution in [3.8, 4) is 5.75 Å². The minimum atomic E-state index is -0.484. The predicted molar refractivity (Wildman–Crippen MR) is 125 cm³/mol. The van der Waals surface area contributed by atoms with Gasteiger partial charge in [0.15, 0.2) is 5.96 Å². The molecule has 1 rings (SSSR count). The second-order valence-corrected chi connectivity index (χ2v) is 7.19. The summed E-state index contributed by atoms with van der Waals surface area (Å²) in [4.78, 5) is 18.3. The molecule has 0 aliphatic rings. The minimum absolute atomic E-state index is 0. The van der Waals surface area contributed by atoms with E-state index in [1.54, 1.807) is 7.11 Å². The molecular weight excluding hydrogens is 471 g/mol. The average Bonchev–Trinajstić information content (AvgIpc) is 2.59. The first-order valence-electron chi connectivity index (χ1n) is 9.35. The van der Waals surface area contributed by atoms with Crippen molar-refractivity contribution in [3.05, 3.63) is 29.8 Å². The fraction of sp³-hybridized carbons (Fsp3) is 0.600. The molecule has 0 bridgehead atoms. The number of benzene rings is 1. The molecule has 0 aromatic heterocycles. The van der Waals surface area contributed by atoms with Crippen LogP contribution in [0.15, 0.2) is 29.3 Å². The summed E-state index contributed by atoms with van der Waals surface area (Å²) in [7, 11) is 3.67. The highest BCUT2D eigenvalue weighted by molar-refractivity contribution is 14.0. The Hall–Kier alpha value is -1.71. The zero-order valence-electron chi connectivity index (χ0n) is 17.9. The molecule has 0 saturated carbocycles. The SMILES string of the molecule is CCNC(=NCCCNC(=O)OC(C)(C)C)N(C)Cc1ccccc1OC.I. The molecule has 0 atom stereocenters. The Morgan fingerprint density at radius 3 is 2.50 bits per heavy atom. The summed E-state index contributed by atoms with van der Waals surface area (Å²) in [6.45, 7) is 10.2. The van der Waals surface area contributed by atoms with Crippen LogP contribution in [0.25, 0.3) is 0 Å². The van der Waals surface area contributed by atoms with Gasteiger partial charge in [0.05, 0.1) is 7.11 Å². The molecule has 0 heterocycles. The summed E-state index contributed by atoms with van der Waals surface area (Å²) in [5.74, 6) is 1.68. The summed E-state index contributed by atoms with van der Waals surface area (Å²) in [5, 5.41) is 6.04. The predicted octanol–water partition coefficient (Wildman–Crippen LogP) is 3.63. The van der Waals surface area contributed by atoms with Crippen molar-refractivity contribution in [2.24, 2.45) is 4.99 Å². The third-order valence-corrected chi connectivity index (χ3v) is 3.56. The van der Waals surface area contributed by atoms with E-state index in [-0.39, 0.29) is 24.0 Å². The Balaban J connectivity index is 0.00000729. The number of aliphatic imine (C=N–C) groups is 1. The minimum Gasteiger partial charge on any atom is -0.496 e. The van der Waals surface area contributed by atoms with Crippen molar-refractivity contribution >= 4 is 36.0 Å². The zero-order chi connectivity index (χ0) is 20.3. The molecule has 1 amide bonds. The third kappa shape index (κ3) is 10.6. The van der Waals surface area contributed by atoms with Gasteiger partial charge in [-0.25, -0.2) is 4.79 Å². The summed E-state index contributed by atoms with van der Waals surface area (Å²) in [6, 6.07) is 7.95. The molecule has 28 heavy (non-hydrogen) atoms. The lowest BCUT2D eigenvalue weighted by molar-refractivity contribution is 0.0527. The lowest BCUT2D eigenvalue weighted by atomic mass is 10.2. The van der Waals surface area contributed by atoms with E-state index in [9.17, 15) is 4.79 Å². The van der Waals surface area contributed by atoms with E-state index < -0.39 is 11.7 Å². The van der Waals surface area contributed by atoms with Crippen LogP contribution in [0.5, 0.6) is 5.75 Å². The summed E-state index contributed by atoms with van der Waals surface area (Å²) in [6.07, 6.45) is 0.336. The lowest BCUT2D eigenvalue weighted by Crippen LogP contribution is -2.38. The zero-order valence-corrected chi connectivity index (χ0v) is 20.2. The highest BCUT2D eigenvalue weighted by Gasteiger charge is 2.15. The van der Waals surface area contributed by atoms with Crippen LogP contribution in [0.4, 0.5) is 4.79 Å².